The van der Waals surface area contributed by atoms with Gasteiger partial charge in [0.1, 0.15) is 11.2 Å². The largest absolute Gasteiger partial charge is 0.455 e. The van der Waals surface area contributed by atoms with Crippen molar-refractivity contribution in [3.8, 4) is 0 Å². The van der Waals surface area contributed by atoms with Crippen molar-refractivity contribution in [2.24, 2.45) is 0 Å². The molecule has 9 rings (SSSR count). The van der Waals surface area contributed by atoms with Crippen LogP contribution in [0.3, 0.4) is 0 Å². The van der Waals surface area contributed by atoms with Gasteiger partial charge in [-0.25, -0.2) is 0 Å². The molecule has 0 radical (unpaired) electrons. The third-order valence-corrected chi connectivity index (χ3v) is 11.6. The Kier molecular flexibility index (Phi) is 8.52. The Morgan fingerprint density at radius 1 is 0.554 bits per heavy atom. The van der Waals surface area contributed by atoms with Crippen LogP contribution in [0.4, 0.5) is 0 Å². The highest BCUT2D eigenvalue weighted by atomic mass is 16.3. The molecule has 0 bridgehead atoms. The van der Waals surface area contributed by atoms with Gasteiger partial charge in [-0.2, -0.15) is 0 Å². The van der Waals surface area contributed by atoms with Crippen LogP contribution in [0, 0.1) is 0 Å². The van der Waals surface area contributed by atoms with Crippen LogP contribution in [0.1, 0.15) is 41.7 Å². The number of para-hydroxylation sites is 1. The lowest BCUT2D eigenvalue weighted by Crippen LogP contribution is -2.15. The summed E-state index contributed by atoms with van der Waals surface area (Å²) in [6, 6.07) is 53.2. The van der Waals surface area contributed by atoms with Crippen LogP contribution >= 0.6 is 0 Å². The third kappa shape index (κ3) is 5.63. The van der Waals surface area contributed by atoms with Gasteiger partial charge < -0.3 is 4.42 Å². The summed E-state index contributed by atoms with van der Waals surface area (Å²) in [7, 11) is 0. The van der Waals surface area contributed by atoms with Crippen molar-refractivity contribution in [3.05, 3.63) is 230 Å². The minimum atomic E-state index is -0.339. The van der Waals surface area contributed by atoms with E-state index in [1.165, 1.54) is 21.9 Å². The minimum Gasteiger partial charge on any atom is -0.455 e. The zero-order chi connectivity index (χ0) is 38.6. The number of allylic oxidation sites excluding steroid dienone is 8. The molecular formula is C55H42O. The molecule has 0 saturated heterocycles. The molecule has 1 nitrogen and oxygen atoms in total. The first-order valence-electron chi connectivity index (χ1n) is 19.1. The van der Waals surface area contributed by atoms with Crippen molar-refractivity contribution in [2.75, 3.05) is 0 Å². The number of rotatable bonds is 6. The van der Waals surface area contributed by atoms with Crippen LogP contribution in [0.5, 0.6) is 0 Å². The van der Waals surface area contributed by atoms with E-state index in [4.69, 9.17) is 17.6 Å². The van der Waals surface area contributed by atoms with Gasteiger partial charge in [0.25, 0.3) is 0 Å². The fourth-order valence-corrected chi connectivity index (χ4v) is 8.65. The van der Waals surface area contributed by atoms with Gasteiger partial charge in [-0.05, 0) is 107 Å². The second-order valence-electron chi connectivity index (χ2n) is 15.1. The number of benzene rings is 6. The van der Waals surface area contributed by atoms with Crippen molar-refractivity contribution < 1.29 is 4.42 Å². The summed E-state index contributed by atoms with van der Waals surface area (Å²) in [5.41, 5.74) is 12.0. The molecule has 0 N–H and O–H groups in total. The van der Waals surface area contributed by atoms with Gasteiger partial charge >= 0.3 is 0 Å². The van der Waals surface area contributed by atoms with Gasteiger partial charge in [-0.1, -0.05) is 186 Å². The summed E-state index contributed by atoms with van der Waals surface area (Å²) in [5, 5.41) is 9.09. The Morgan fingerprint density at radius 2 is 1.14 bits per heavy atom. The molecule has 1 aliphatic carbocycles. The maximum atomic E-state index is 6.61. The first kappa shape index (κ1) is 34.8. The maximum Gasteiger partial charge on any atom is 0.143 e. The second-order valence-corrected chi connectivity index (χ2v) is 15.1. The average molecular weight is 719 g/mol. The van der Waals surface area contributed by atoms with Crippen LogP contribution in [0.25, 0.3) is 76.5 Å². The highest BCUT2D eigenvalue weighted by molar-refractivity contribution is 6.18. The van der Waals surface area contributed by atoms with E-state index in [2.05, 4.69) is 179 Å². The lowest BCUT2D eigenvalue weighted by atomic mass is 9.80. The van der Waals surface area contributed by atoms with Gasteiger partial charge in [0, 0.05) is 21.6 Å². The first-order valence-corrected chi connectivity index (χ1v) is 19.1. The molecule has 0 fully saturated rings. The molecule has 56 heavy (non-hydrogen) atoms. The quantitative estimate of drug-likeness (QED) is 0.156. The Hall–Kier alpha value is -6.96. The highest BCUT2D eigenvalue weighted by Crippen LogP contribution is 2.53. The number of fused-ring (bicyclic) bond motifs is 9. The van der Waals surface area contributed by atoms with E-state index >= 15 is 0 Å². The van der Waals surface area contributed by atoms with Gasteiger partial charge in [0.15, 0.2) is 0 Å². The number of hydrogen-bond acceptors (Lipinski definition) is 1. The normalized spacial score (nSPS) is 14.4. The van der Waals surface area contributed by atoms with Gasteiger partial charge in [0.2, 0.25) is 0 Å². The Labute approximate surface area is 328 Å². The average Bonchev–Trinajstić information content (AvgIpc) is 3.69. The predicted molar refractivity (Wildman–Crippen MR) is 243 cm³/mol. The van der Waals surface area contributed by atoms with Crippen LogP contribution in [-0.2, 0) is 5.41 Å². The van der Waals surface area contributed by atoms with E-state index in [1.807, 2.05) is 18.2 Å². The van der Waals surface area contributed by atoms with Crippen LogP contribution in [0.15, 0.2) is 206 Å². The van der Waals surface area contributed by atoms with E-state index in [0.29, 0.717) is 0 Å². The molecule has 0 unspecified atom stereocenters. The topological polar surface area (TPSA) is 13.1 Å². The minimum absolute atomic E-state index is 0.339. The summed E-state index contributed by atoms with van der Waals surface area (Å²) in [4.78, 5) is 0. The van der Waals surface area contributed by atoms with Crippen LogP contribution in [-0.4, -0.2) is 0 Å². The predicted octanol–water partition coefficient (Wildman–Crippen LogP) is 15.4. The fraction of sp³-hybridized carbons (Fsp3) is 0.0545. The molecule has 0 saturated carbocycles. The van der Waals surface area contributed by atoms with E-state index < -0.39 is 0 Å². The summed E-state index contributed by atoms with van der Waals surface area (Å²) < 4.78 is 6.61. The fourth-order valence-electron chi connectivity index (χ4n) is 8.65. The smallest absolute Gasteiger partial charge is 0.143 e. The molecule has 0 spiro atoms. The second kappa shape index (κ2) is 13.7. The molecule has 0 aliphatic heterocycles. The standard InChI is InChI=1S/C55H42O/c1-7-38(43-27-18-20-39-19-12-13-23-44(39)43)33-35(2)41-21-10-8-9-11-22-42(46-25-15-14-24-45(41)46)36(3)34-50-37(4)55(5,6)53-48(50)31-29-40-30-32-49-47-26-16-17-28-51(47)56-54(49)52(40)53/h7-34H,1-4H2,5-6H3/b9-8?,10-8?,11-9?,21-10?,22-11?,38-33+,41-21?,42-22?,45-41?,46-42?,50-34+. The summed E-state index contributed by atoms with van der Waals surface area (Å²) in [5.74, 6) is 0. The maximum absolute atomic E-state index is 6.61. The van der Waals surface area contributed by atoms with Crippen LogP contribution < -0.4 is 0 Å². The zero-order valence-electron chi connectivity index (χ0n) is 31.9. The Balaban J connectivity index is 1.21. The molecule has 0 atom stereocenters. The molecule has 1 heteroatoms. The van der Waals surface area contributed by atoms with Crippen molar-refractivity contribution in [1.29, 1.82) is 0 Å². The summed E-state index contributed by atoms with van der Waals surface area (Å²) >= 11 is 0. The first-order chi connectivity index (χ1) is 27.3. The summed E-state index contributed by atoms with van der Waals surface area (Å²) in [6.07, 6.45) is 6.30. The SMILES string of the molecule is C=C/C(=C\C(=C)c1ccccccc(C(=C)/C=C2\C(=C)C(C)(C)c3c2ccc2ccc4c5ccccc5oc4c32)c2ccccc12)c1cccc2ccccc12. The molecule has 1 aliphatic rings. The van der Waals surface area contributed by atoms with Crippen molar-refractivity contribution in [1.82, 2.24) is 0 Å². The lowest BCUT2D eigenvalue weighted by Gasteiger charge is -2.22. The lowest BCUT2D eigenvalue weighted by molar-refractivity contribution is 0.658. The van der Waals surface area contributed by atoms with Crippen molar-refractivity contribution in [3.63, 3.8) is 0 Å². The third-order valence-electron chi connectivity index (χ3n) is 11.6. The Bertz CT molecular complexity index is 3110. The van der Waals surface area contributed by atoms with E-state index in [-0.39, 0.29) is 5.41 Å². The molecular weight excluding hydrogens is 677 g/mol. The van der Waals surface area contributed by atoms with Gasteiger partial charge in [-0.15, -0.1) is 0 Å². The van der Waals surface area contributed by atoms with Crippen molar-refractivity contribution in [2.45, 2.75) is 19.3 Å². The number of furan rings is 1. The molecule has 8 aromatic rings. The summed E-state index contributed by atoms with van der Waals surface area (Å²) in [6.45, 7) is 22.9. The molecule has 0 amide bonds. The molecule has 268 valence electrons. The zero-order valence-corrected chi connectivity index (χ0v) is 31.9. The van der Waals surface area contributed by atoms with Crippen molar-refractivity contribution >= 4 is 76.5 Å². The van der Waals surface area contributed by atoms with Crippen LogP contribution in [0.2, 0.25) is 0 Å². The van der Waals surface area contributed by atoms with E-state index in [9.17, 15) is 0 Å². The van der Waals surface area contributed by atoms with Gasteiger partial charge in [0.05, 0.1) is 0 Å². The highest BCUT2D eigenvalue weighted by Gasteiger charge is 2.39. The van der Waals surface area contributed by atoms with E-state index in [1.54, 1.807) is 0 Å². The number of hydrogen-bond donors (Lipinski definition) is 0. The van der Waals surface area contributed by atoms with E-state index in [0.717, 1.165) is 88.0 Å². The molecule has 1 aromatic heterocycles. The Morgan fingerprint density at radius 3 is 1.88 bits per heavy atom. The molecule has 7 aromatic carbocycles. The van der Waals surface area contributed by atoms with Gasteiger partial charge in [-0.3, -0.25) is 0 Å². The monoisotopic (exact) mass is 718 g/mol. The molecule has 1 heterocycles.